The molecular formula is C23H24N2O. The molecular weight excluding hydrogens is 320 g/mol. The molecule has 0 aliphatic heterocycles. The summed E-state index contributed by atoms with van der Waals surface area (Å²) in [6.07, 6.45) is 0. The predicted octanol–water partition coefficient (Wildman–Crippen LogP) is 4.91. The molecule has 3 rings (SSSR count). The van der Waals surface area contributed by atoms with Gasteiger partial charge in [0.05, 0.1) is 0 Å². The summed E-state index contributed by atoms with van der Waals surface area (Å²) in [5.74, 6) is 0. The van der Waals surface area contributed by atoms with Crippen LogP contribution in [0, 0.1) is 6.92 Å². The van der Waals surface area contributed by atoms with Crippen molar-refractivity contribution < 1.29 is 4.79 Å². The monoisotopic (exact) mass is 344 g/mol. The zero-order valence-electron chi connectivity index (χ0n) is 15.1. The Balaban J connectivity index is 1.70. The molecule has 3 aromatic rings. The van der Waals surface area contributed by atoms with Crippen molar-refractivity contribution >= 4 is 6.03 Å². The van der Waals surface area contributed by atoms with E-state index in [1.54, 1.807) is 0 Å². The van der Waals surface area contributed by atoms with Crippen molar-refractivity contribution in [1.29, 1.82) is 0 Å². The van der Waals surface area contributed by atoms with Gasteiger partial charge in [0.25, 0.3) is 0 Å². The third kappa shape index (κ3) is 5.21. The molecule has 0 aliphatic carbocycles. The van der Waals surface area contributed by atoms with Crippen molar-refractivity contribution in [2.24, 2.45) is 0 Å². The highest BCUT2D eigenvalue weighted by molar-refractivity contribution is 5.74. The lowest BCUT2D eigenvalue weighted by Gasteiger charge is -2.23. The first-order chi connectivity index (χ1) is 12.7. The van der Waals surface area contributed by atoms with Crippen molar-refractivity contribution in [2.45, 2.75) is 26.6 Å². The number of carbonyl (C=O) groups excluding carboxylic acids is 1. The number of benzene rings is 3. The highest BCUT2D eigenvalue weighted by Gasteiger charge is 2.14. The first-order valence-corrected chi connectivity index (χ1v) is 8.87. The molecule has 0 saturated heterocycles. The Bertz CT molecular complexity index is 790. The Morgan fingerprint density at radius 2 is 1.31 bits per heavy atom. The SMILES string of the molecule is Cc1cccc(CNC(=O)N(Cc2ccccc2)Cc2ccccc2)c1. The Hall–Kier alpha value is -3.07. The third-order valence-corrected chi connectivity index (χ3v) is 4.25. The zero-order valence-corrected chi connectivity index (χ0v) is 15.1. The van der Waals surface area contributed by atoms with Crippen LogP contribution in [0.15, 0.2) is 84.9 Å². The highest BCUT2D eigenvalue weighted by Crippen LogP contribution is 2.11. The molecule has 26 heavy (non-hydrogen) atoms. The van der Waals surface area contributed by atoms with Crippen molar-refractivity contribution in [1.82, 2.24) is 10.2 Å². The van der Waals surface area contributed by atoms with E-state index in [4.69, 9.17) is 0 Å². The van der Waals surface area contributed by atoms with Crippen molar-refractivity contribution in [3.05, 3.63) is 107 Å². The minimum atomic E-state index is -0.0563. The Labute approximate surface area is 155 Å². The maximum absolute atomic E-state index is 12.8. The predicted molar refractivity (Wildman–Crippen MR) is 106 cm³/mol. The van der Waals surface area contributed by atoms with Crippen LogP contribution in [0.3, 0.4) is 0 Å². The summed E-state index contributed by atoms with van der Waals surface area (Å²) >= 11 is 0. The summed E-state index contributed by atoms with van der Waals surface area (Å²) < 4.78 is 0. The standard InChI is InChI=1S/C23H24N2O/c1-19-9-8-14-22(15-19)16-24-23(26)25(17-20-10-4-2-5-11-20)18-21-12-6-3-7-13-21/h2-15H,16-18H2,1H3,(H,24,26). The van der Waals surface area contributed by atoms with Gasteiger partial charge in [0, 0.05) is 19.6 Å². The van der Waals surface area contributed by atoms with E-state index < -0.39 is 0 Å². The molecule has 0 heterocycles. The van der Waals surface area contributed by atoms with Crippen LogP contribution in [-0.4, -0.2) is 10.9 Å². The van der Waals surface area contributed by atoms with Crippen molar-refractivity contribution in [3.63, 3.8) is 0 Å². The van der Waals surface area contributed by atoms with E-state index in [0.717, 1.165) is 16.7 Å². The number of hydrogen-bond donors (Lipinski definition) is 1. The number of nitrogens with zero attached hydrogens (tertiary/aromatic N) is 1. The molecule has 3 aromatic carbocycles. The number of nitrogens with one attached hydrogen (secondary N) is 1. The van der Waals surface area contributed by atoms with E-state index in [1.807, 2.05) is 77.7 Å². The second kappa shape index (κ2) is 8.86. The second-order valence-electron chi connectivity index (χ2n) is 6.48. The summed E-state index contributed by atoms with van der Waals surface area (Å²) in [6, 6.07) is 28.3. The fraction of sp³-hybridized carbons (Fsp3) is 0.174. The largest absolute Gasteiger partial charge is 0.334 e. The lowest BCUT2D eigenvalue weighted by atomic mass is 10.1. The number of aryl methyl sites for hydroxylation is 1. The van der Waals surface area contributed by atoms with E-state index in [2.05, 4.69) is 24.4 Å². The van der Waals surface area contributed by atoms with Crippen LogP contribution in [0.25, 0.3) is 0 Å². The highest BCUT2D eigenvalue weighted by atomic mass is 16.2. The number of amides is 2. The van der Waals surface area contributed by atoms with Gasteiger partial charge in [-0.25, -0.2) is 4.79 Å². The first-order valence-electron chi connectivity index (χ1n) is 8.87. The van der Waals surface area contributed by atoms with Gasteiger partial charge >= 0.3 is 6.03 Å². The lowest BCUT2D eigenvalue weighted by molar-refractivity contribution is 0.192. The van der Waals surface area contributed by atoms with E-state index in [-0.39, 0.29) is 6.03 Å². The molecule has 0 aromatic heterocycles. The van der Waals surface area contributed by atoms with Crippen LogP contribution < -0.4 is 5.32 Å². The second-order valence-corrected chi connectivity index (χ2v) is 6.48. The van der Waals surface area contributed by atoms with Gasteiger partial charge in [0.15, 0.2) is 0 Å². The molecule has 1 N–H and O–H groups in total. The molecule has 0 bridgehead atoms. The van der Waals surface area contributed by atoms with Gasteiger partial charge in [-0.1, -0.05) is 90.5 Å². The Morgan fingerprint density at radius 3 is 1.85 bits per heavy atom. The number of rotatable bonds is 6. The van der Waals surface area contributed by atoms with Gasteiger partial charge in [-0.15, -0.1) is 0 Å². The maximum atomic E-state index is 12.8. The molecule has 132 valence electrons. The maximum Gasteiger partial charge on any atom is 0.318 e. The number of hydrogen-bond acceptors (Lipinski definition) is 1. The molecule has 0 radical (unpaired) electrons. The third-order valence-electron chi connectivity index (χ3n) is 4.25. The molecule has 3 nitrogen and oxygen atoms in total. The molecule has 3 heteroatoms. The normalized spacial score (nSPS) is 10.3. The van der Waals surface area contributed by atoms with E-state index in [1.165, 1.54) is 5.56 Å². The van der Waals surface area contributed by atoms with Crippen LogP contribution in [0.5, 0.6) is 0 Å². The quantitative estimate of drug-likeness (QED) is 0.677. The van der Waals surface area contributed by atoms with E-state index >= 15 is 0 Å². The van der Waals surface area contributed by atoms with Crippen LogP contribution >= 0.6 is 0 Å². The average molecular weight is 344 g/mol. The topological polar surface area (TPSA) is 32.3 Å². The van der Waals surface area contributed by atoms with Crippen molar-refractivity contribution in [3.8, 4) is 0 Å². The summed E-state index contributed by atoms with van der Waals surface area (Å²) in [7, 11) is 0. The van der Waals surface area contributed by atoms with Gasteiger partial charge < -0.3 is 10.2 Å². The van der Waals surface area contributed by atoms with Crippen LogP contribution in [-0.2, 0) is 19.6 Å². The minimum absolute atomic E-state index is 0.0563. The molecule has 0 spiro atoms. The zero-order chi connectivity index (χ0) is 18.2. The molecule has 0 unspecified atom stereocenters. The smallest absolute Gasteiger partial charge is 0.318 e. The van der Waals surface area contributed by atoms with Crippen LogP contribution in [0.1, 0.15) is 22.3 Å². The van der Waals surface area contributed by atoms with Crippen molar-refractivity contribution in [2.75, 3.05) is 0 Å². The summed E-state index contributed by atoms with van der Waals surface area (Å²) in [5.41, 5.74) is 4.54. The van der Waals surface area contributed by atoms with Gasteiger partial charge in [-0.05, 0) is 23.6 Å². The molecule has 0 fully saturated rings. The number of carbonyl (C=O) groups is 1. The first kappa shape index (κ1) is 17.7. The van der Waals surface area contributed by atoms with Gasteiger partial charge in [-0.3, -0.25) is 0 Å². The van der Waals surface area contributed by atoms with Gasteiger partial charge in [-0.2, -0.15) is 0 Å². The average Bonchev–Trinajstić information content (AvgIpc) is 2.67. The molecule has 0 saturated carbocycles. The Morgan fingerprint density at radius 1 is 0.769 bits per heavy atom. The molecule has 0 aliphatic rings. The molecule has 0 atom stereocenters. The summed E-state index contributed by atoms with van der Waals surface area (Å²) in [5, 5.41) is 3.05. The summed E-state index contributed by atoms with van der Waals surface area (Å²) in [4.78, 5) is 14.7. The lowest BCUT2D eigenvalue weighted by Crippen LogP contribution is -2.38. The van der Waals surface area contributed by atoms with E-state index in [9.17, 15) is 4.79 Å². The Kier molecular flexibility index (Phi) is 6.05. The van der Waals surface area contributed by atoms with Gasteiger partial charge in [0.2, 0.25) is 0 Å². The van der Waals surface area contributed by atoms with Gasteiger partial charge in [0.1, 0.15) is 0 Å². The number of urea groups is 1. The fourth-order valence-electron chi connectivity index (χ4n) is 2.92. The fourth-order valence-corrected chi connectivity index (χ4v) is 2.92. The summed E-state index contributed by atoms with van der Waals surface area (Å²) in [6.45, 7) is 3.74. The molecule has 2 amide bonds. The van der Waals surface area contributed by atoms with E-state index in [0.29, 0.717) is 19.6 Å². The van der Waals surface area contributed by atoms with Crippen LogP contribution in [0.2, 0.25) is 0 Å². The van der Waals surface area contributed by atoms with Crippen LogP contribution in [0.4, 0.5) is 4.79 Å². The minimum Gasteiger partial charge on any atom is -0.334 e.